The van der Waals surface area contributed by atoms with Crippen molar-refractivity contribution < 1.29 is 4.74 Å². The molecule has 0 aromatic rings. The first-order valence-electron chi connectivity index (χ1n) is 7.13. The van der Waals surface area contributed by atoms with E-state index in [1.165, 1.54) is 50.0 Å². The summed E-state index contributed by atoms with van der Waals surface area (Å²) in [4.78, 5) is 0. The molecule has 0 radical (unpaired) electrons. The van der Waals surface area contributed by atoms with Crippen LogP contribution in [0.15, 0.2) is 0 Å². The fraction of sp³-hybridized carbons (Fsp3) is 1.00. The summed E-state index contributed by atoms with van der Waals surface area (Å²) in [5.41, 5.74) is 0.275. The summed E-state index contributed by atoms with van der Waals surface area (Å²) in [7, 11) is 2.06. The zero-order valence-electron chi connectivity index (χ0n) is 11.3. The summed E-state index contributed by atoms with van der Waals surface area (Å²) in [5.74, 6) is 3.52. The number of hydrogen-bond donors (Lipinski definition) is 1. The van der Waals surface area contributed by atoms with Gasteiger partial charge in [-0.2, -0.15) is 11.8 Å². The molecule has 0 aromatic carbocycles. The van der Waals surface area contributed by atoms with Crippen LogP contribution in [0.2, 0.25) is 0 Å². The molecule has 2 heterocycles. The van der Waals surface area contributed by atoms with Crippen LogP contribution in [0, 0.1) is 5.92 Å². The minimum absolute atomic E-state index is 0.275. The summed E-state index contributed by atoms with van der Waals surface area (Å²) in [6.45, 7) is 3.29. The first-order valence-corrected chi connectivity index (χ1v) is 8.28. The fourth-order valence-corrected chi connectivity index (χ4v) is 4.33. The molecule has 2 saturated heterocycles. The normalized spacial score (nSPS) is 30.4. The summed E-state index contributed by atoms with van der Waals surface area (Å²) < 4.78 is 6.14. The topological polar surface area (TPSA) is 21.3 Å². The van der Waals surface area contributed by atoms with Gasteiger partial charge in [-0.15, -0.1) is 0 Å². The lowest BCUT2D eigenvalue weighted by molar-refractivity contribution is -0.103. The molecule has 0 bridgehead atoms. The summed E-state index contributed by atoms with van der Waals surface area (Å²) >= 11 is 2.10. The van der Waals surface area contributed by atoms with Gasteiger partial charge in [-0.05, 0) is 69.9 Å². The lowest BCUT2D eigenvalue weighted by Gasteiger charge is -2.43. The Balaban J connectivity index is 1.79. The Bertz CT molecular complexity index is 223. The monoisotopic (exact) mass is 257 g/mol. The van der Waals surface area contributed by atoms with E-state index < -0.39 is 0 Å². The number of ether oxygens (including phenoxy) is 1. The van der Waals surface area contributed by atoms with E-state index in [9.17, 15) is 0 Å². The lowest BCUT2D eigenvalue weighted by Crippen LogP contribution is -2.43. The molecule has 2 atom stereocenters. The second-order valence-electron chi connectivity index (χ2n) is 5.77. The average Bonchev–Trinajstić information content (AvgIpc) is 2.37. The van der Waals surface area contributed by atoms with Gasteiger partial charge in [0, 0.05) is 12.6 Å². The van der Waals surface area contributed by atoms with E-state index in [-0.39, 0.29) is 5.60 Å². The van der Waals surface area contributed by atoms with Gasteiger partial charge in [0.25, 0.3) is 0 Å². The van der Waals surface area contributed by atoms with Crippen LogP contribution < -0.4 is 5.32 Å². The van der Waals surface area contributed by atoms with Crippen molar-refractivity contribution in [1.82, 2.24) is 5.32 Å². The van der Waals surface area contributed by atoms with Gasteiger partial charge in [0.15, 0.2) is 0 Å². The van der Waals surface area contributed by atoms with Crippen LogP contribution in [0.25, 0.3) is 0 Å². The number of hydrogen-bond acceptors (Lipinski definition) is 3. The molecule has 3 heteroatoms. The molecule has 2 aliphatic rings. The van der Waals surface area contributed by atoms with Gasteiger partial charge in [-0.25, -0.2) is 0 Å². The largest absolute Gasteiger partial charge is 0.375 e. The molecule has 17 heavy (non-hydrogen) atoms. The van der Waals surface area contributed by atoms with E-state index in [0.29, 0.717) is 6.04 Å². The molecular weight excluding hydrogens is 230 g/mol. The molecule has 2 unspecified atom stereocenters. The minimum Gasteiger partial charge on any atom is -0.375 e. The maximum Gasteiger partial charge on any atom is 0.0700 e. The van der Waals surface area contributed by atoms with Gasteiger partial charge in [-0.1, -0.05) is 0 Å². The molecule has 1 spiro atoms. The van der Waals surface area contributed by atoms with E-state index in [1.807, 2.05) is 0 Å². The molecule has 0 amide bonds. The van der Waals surface area contributed by atoms with Crippen molar-refractivity contribution in [2.75, 3.05) is 25.2 Å². The summed E-state index contributed by atoms with van der Waals surface area (Å²) in [6, 6.07) is 0.663. The number of nitrogens with one attached hydrogen (secondary N) is 1. The van der Waals surface area contributed by atoms with Gasteiger partial charge < -0.3 is 10.1 Å². The van der Waals surface area contributed by atoms with Crippen molar-refractivity contribution in [2.45, 2.75) is 57.1 Å². The first-order chi connectivity index (χ1) is 8.24. The van der Waals surface area contributed by atoms with Gasteiger partial charge in [0.2, 0.25) is 0 Å². The third-order valence-corrected chi connectivity index (χ3v) is 5.49. The van der Waals surface area contributed by atoms with Gasteiger partial charge in [0.1, 0.15) is 0 Å². The van der Waals surface area contributed by atoms with Gasteiger partial charge in [0.05, 0.1) is 5.60 Å². The molecule has 0 saturated carbocycles. The molecular formula is C14H27NOS. The van der Waals surface area contributed by atoms with Crippen molar-refractivity contribution >= 4 is 11.8 Å². The number of rotatable bonds is 4. The molecule has 1 N–H and O–H groups in total. The quantitative estimate of drug-likeness (QED) is 0.836. The second-order valence-corrected chi connectivity index (χ2v) is 6.99. The van der Waals surface area contributed by atoms with Gasteiger partial charge >= 0.3 is 0 Å². The number of thioether (sulfide) groups is 1. The molecule has 100 valence electrons. The molecule has 2 aliphatic heterocycles. The Morgan fingerprint density at radius 1 is 1.41 bits per heavy atom. The first kappa shape index (κ1) is 13.7. The maximum absolute atomic E-state index is 6.14. The van der Waals surface area contributed by atoms with E-state index >= 15 is 0 Å². The predicted octanol–water partition coefficient (Wildman–Crippen LogP) is 3.07. The highest BCUT2D eigenvalue weighted by Gasteiger charge is 2.38. The zero-order valence-corrected chi connectivity index (χ0v) is 12.2. The summed E-state index contributed by atoms with van der Waals surface area (Å²) in [5, 5.41) is 3.34. The third kappa shape index (κ3) is 3.87. The molecule has 0 aromatic heterocycles. The standard InChI is InChI=1S/C14H27NOS/c1-12(15-2)3-4-13-5-8-16-14(11-13)6-9-17-10-7-14/h12-13,15H,3-11H2,1-2H3. The average molecular weight is 257 g/mol. The highest BCUT2D eigenvalue weighted by molar-refractivity contribution is 7.99. The van der Waals surface area contributed by atoms with Crippen LogP contribution in [0.3, 0.4) is 0 Å². The predicted molar refractivity (Wildman–Crippen MR) is 75.7 cm³/mol. The van der Waals surface area contributed by atoms with E-state index in [2.05, 4.69) is 31.1 Å². The van der Waals surface area contributed by atoms with Gasteiger partial charge in [-0.3, -0.25) is 0 Å². The van der Waals surface area contributed by atoms with E-state index in [1.54, 1.807) is 0 Å². The van der Waals surface area contributed by atoms with Crippen molar-refractivity contribution in [3.63, 3.8) is 0 Å². The molecule has 2 rings (SSSR count). The van der Waals surface area contributed by atoms with Crippen LogP contribution in [-0.4, -0.2) is 36.8 Å². The Labute approximate surface area is 110 Å². The third-order valence-electron chi connectivity index (χ3n) is 4.50. The second kappa shape index (κ2) is 6.44. The Hall–Kier alpha value is 0.270. The summed E-state index contributed by atoms with van der Waals surface area (Å²) in [6.07, 6.45) is 7.87. The fourth-order valence-electron chi connectivity index (χ4n) is 3.10. The van der Waals surface area contributed by atoms with Crippen LogP contribution in [-0.2, 0) is 4.74 Å². The highest BCUT2D eigenvalue weighted by Crippen LogP contribution is 2.40. The highest BCUT2D eigenvalue weighted by atomic mass is 32.2. The minimum atomic E-state index is 0.275. The van der Waals surface area contributed by atoms with Crippen LogP contribution >= 0.6 is 11.8 Å². The molecule has 0 aliphatic carbocycles. The van der Waals surface area contributed by atoms with Crippen LogP contribution in [0.5, 0.6) is 0 Å². The Morgan fingerprint density at radius 3 is 2.88 bits per heavy atom. The van der Waals surface area contributed by atoms with E-state index in [4.69, 9.17) is 4.74 Å². The van der Waals surface area contributed by atoms with Crippen molar-refractivity contribution in [2.24, 2.45) is 5.92 Å². The van der Waals surface area contributed by atoms with E-state index in [0.717, 1.165) is 12.5 Å². The van der Waals surface area contributed by atoms with Crippen molar-refractivity contribution in [1.29, 1.82) is 0 Å². The Kier molecular flexibility index (Phi) is 5.19. The molecule has 2 fully saturated rings. The van der Waals surface area contributed by atoms with Crippen LogP contribution in [0.4, 0.5) is 0 Å². The lowest BCUT2D eigenvalue weighted by atomic mass is 9.79. The zero-order chi connectivity index (χ0) is 12.1. The SMILES string of the molecule is CNC(C)CCC1CCOC2(CCSCC2)C1. The maximum atomic E-state index is 6.14. The van der Waals surface area contributed by atoms with Crippen LogP contribution in [0.1, 0.15) is 45.4 Å². The van der Waals surface area contributed by atoms with Crippen molar-refractivity contribution in [3.8, 4) is 0 Å². The van der Waals surface area contributed by atoms with Crippen molar-refractivity contribution in [3.05, 3.63) is 0 Å². The Morgan fingerprint density at radius 2 is 2.18 bits per heavy atom. The smallest absolute Gasteiger partial charge is 0.0700 e. The molecule has 2 nitrogen and oxygen atoms in total.